The smallest absolute Gasteiger partial charge is 0.143 e. The van der Waals surface area contributed by atoms with Crippen LogP contribution in [0.2, 0.25) is 0 Å². The summed E-state index contributed by atoms with van der Waals surface area (Å²) in [6, 6.07) is 6.81. The summed E-state index contributed by atoms with van der Waals surface area (Å²) in [4.78, 5) is 5.18. The maximum Gasteiger partial charge on any atom is 0.143 e. The summed E-state index contributed by atoms with van der Waals surface area (Å²) in [5, 5.41) is 10.8. The van der Waals surface area contributed by atoms with Gasteiger partial charge in [-0.3, -0.25) is 4.90 Å². The molecule has 3 N–H and O–H groups in total. The first-order valence-corrected chi connectivity index (χ1v) is 10.2. The maximum atomic E-state index is 10.8. The van der Waals surface area contributed by atoms with Crippen LogP contribution in [-0.2, 0) is 0 Å². The number of nitrogen functional groups attached to an aromatic ring is 1. The SMILES string of the molecule is COc1cc(N2CCN([C@H]3C4CC5CC3C[C@@](O)(C5)C4)CC2)ccc1N. The molecule has 1 aliphatic heterocycles. The number of methoxy groups -OCH3 is 1. The number of hydrogen-bond acceptors (Lipinski definition) is 5. The van der Waals surface area contributed by atoms with Crippen LogP contribution in [0.4, 0.5) is 11.4 Å². The maximum absolute atomic E-state index is 10.8. The highest BCUT2D eigenvalue weighted by Gasteiger charge is 2.56. The van der Waals surface area contributed by atoms with Gasteiger partial charge in [0.1, 0.15) is 5.75 Å². The highest BCUT2D eigenvalue weighted by Crippen LogP contribution is 2.57. The summed E-state index contributed by atoms with van der Waals surface area (Å²) in [5.41, 5.74) is 7.53. The predicted molar refractivity (Wildman–Crippen MR) is 103 cm³/mol. The Labute approximate surface area is 156 Å². The largest absolute Gasteiger partial charge is 0.495 e. The zero-order valence-electron chi connectivity index (χ0n) is 15.7. The number of piperazine rings is 1. The minimum atomic E-state index is -0.324. The van der Waals surface area contributed by atoms with Crippen molar-refractivity contribution in [1.82, 2.24) is 4.90 Å². The van der Waals surface area contributed by atoms with Gasteiger partial charge in [-0.1, -0.05) is 0 Å². The van der Waals surface area contributed by atoms with Crippen molar-refractivity contribution in [3.63, 3.8) is 0 Å². The van der Waals surface area contributed by atoms with Crippen LogP contribution >= 0.6 is 0 Å². The van der Waals surface area contributed by atoms with E-state index in [0.717, 1.165) is 68.9 Å². The van der Waals surface area contributed by atoms with Crippen LogP contribution in [0.15, 0.2) is 18.2 Å². The lowest BCUT2D eigenvalue weighted by atomic mass is 9.52. The zero-order valence-corrected chi connectivity index (χ0v) is 15.7. The van der Waals surface area contributed by atoms with Gasteiger partial charge in [0.05, 0.1) is 18.4 Å². The number of benzene rings is 1. The second-order valence-corrected chi connectivity index (χ2v) is 9.13. The average Bonchev–Trinajstić information content (AvgIpc) is 2.61. The summed E-state index contributed by atoms with van der Waals surface area (Å²) in [5.74, 6) is 2.99. The van der Waals surface area contributed by atoms with Crippen LogP contribution in [-0.4, -0.2) is 54.9 Å². The predicted octanol–water partition coefficient (Wildman–Crippen LogP) is 2.34. The van der Waals surface area contributed by atoms with Gasteiger partial charge in [0.15, 0.2) is 0 Å². The monoisotopic (exact) mass is 357 g/mol. The second kappa shape index (κ2) is 6.03. The number of nitrogens with two attached hydrogens (primary N) is 1. The molecule has 5 fully saturated rings. The molecule has 142 valence electrons. The van der Waals surface area contributed by atoms with E-state index in [4.69, 9.17) is 10.5 Å². The summed E-state index contributed by atoms with van der Waals surface area (Å²) in [6.45, 7) is 4.34. The van der Waals surface area contributed by atoms with Crippen molar-refractivity contribution in [2.75, 3.05) is 43.9 Å². The van der Waals surface area contributed by atoms with Gasteiger partial charge in [-0.05, 0) is 62.0 Å². The lowest BCUT2D eigenvalue weighted by molar-refractivity contribution is -0.160. The van der Waals surface area contributed by atoms with E-state index in [2.05, 4.69) is 21.9 Å². The molecule has 1 heterocycles. The highest BCUT2D eigenvalue weighted by molar-refractivity contribution is 5.62. The Morgan fingerprint density at radius 1 is 1.08 bits per heavy atom. The van der Waals surface area contributed by atoms with E-state index in [-0.39, 0.29) is 5.60 Å². The third-order valence-corrected chi connectivity index (χ3v) is 7.51. The van der Waals surface area contributed by atoms with Gasteiger partial charge in [-0.25, -0.2) is 0 Å². The fraction of sp³-hybridized carbons (Fsp3) is 0.714. The lowest BCUT2D eigenvalue weighted by Crippen LogP contribution is -2.64. The molecule has 4 bridgehead atoms. The molecule has 1 aromatic carbocycles. The van der Waals surface area contributed by atoms with E-state index in [9.17, 15) is 5.11 Å². The lowest BCUT2D eigenvalue weighted by Gasteiger charge is -2.61. The minimum Gasteiger partial charge on any atom is -0.495 e. The Morgan fingerprint density at radius 2 is 1.77 bits per heavy atom. The van der Waals surface area contributed by atoms with E-state index in [0.29, 0.717) is 11.7 Å². The Morgan fingerprint density at radius 3 is 2.38 bits per heavy atom. The number of ether oxygens (including phenoxy) is 1. The molecule has 5 heteroatoms. The molecule has 0 radical (unpaired) electrons. The number of aliphatic hydroxyl groups is 1. The summed E-state index contributed by atoms with van der Waals surface area (Å²) in [7, 11) is 1.67. The molecule has 0 spiro atoms. The molecule has 4 aliphatic carbocycles. The van der Waals surface area contributed by atoms with Gasteiger partial charge in [-0.2, -0.15) is 0 Å². The fourth-order valence-corrected chi connectivity index (χ4v) is 6.73. The van der Waals surface area contributed by atoms with Crippen LogP contribution in [0, 0.1) is 17.8 Å². The third kappa shape index (κ3) is 2.67. The summed E-state index contributed by atoms with van der Waals surface area (Å²) < 4.78 is 5.38. The summed E-state index contributed by atoms with van der Waals surface area (Å²) in [6.07, 6.45) is 5.84. The van der Waals surface area contributed by atoms with E-state index in [1.165, 1.54) is 18.5 Å². The molecule has 0 amide bonds. The van der Waals surface area contributed by atoms with Gasteiger partial charge in [0.2, 0.25) is 0 Å². The van der Waals surface area contributed by atoms with Gasteiger partial charge >= 0.3 is 0 Å². The number of rotatable bonds is 3. The van der Waals surface area contributed by atoms with E-state index in [1.54, 1.807) is 7.11 Å². The molecule has 1 aromatic rings. The van der Waals surface area contributed by atoms with Gasteiger partial charge in [-0.15, -0.1) is 0 Å². The van der Waals surface area contributed by atoms with Gasteiger partial charge < -0.3 is 20.5 Å². The van der Waals surface area contributed by atoms with E-state index in [1.807, 2.05) is 6.07 Å². The number of hydrogen-bond donors (Lipinski definition) is 2. The summed E-state index contributed by atoms with van der Waals surface area (Å²) >= 11 is 0. The quantitative estimate of drug-likeness (QED) is 0.813. The topological polar surface area (TPSA) is 62.0 Å². The van der Waals surface area contributed by atoms with E-state index < -0.39 is 0 Å². The number of nitrogens with zero attached hydrogens (tertiary/aromatic N) is 2. The first kappa shape index (κ1) is 16.7. The molecule has 5 aliphatic rings. The molecular formula is C21H31N3O2. The first-order chi connectivity index (χ1) is 12.5. The van der Waals surface area contributed by atoms with Crippen LogP contribution in [0.1, 0.15) is 32.1 Å². The average molecular weight is 357 g/mol. The van der Waals surface area contributed by atoms with Crippen molar-refractivity contribution in [3.05, 3.63) is 18.2 Å². The highest BCUT2D eigenvalue weighted by atomic mass is 16.5. The third-order valence-electron chi connectivity index (χ3n) is 7.51. The van der Waals surface area contributed by atoms with Crippen molar-refractivity contribution in [1.29, 1.82) is 0 Å². The number of anilines is 2. The zero-order chi connectivity index (χ0) is 17.9. The van der Waals surface area contributed by atoms with Gasteiger partial charge in [0, 0.05) is 44.0 Å². The molecule has 6 rings (SSSR count). The van der Waals surface area contributed by atoms with Crippen molar-refractivity contribution in [3.8, 4) is 5.75 Å². The minimum absolute atomic E-state index is 0.324. The Kier molecular flexibility index (Phi) is 3.87. The molecule has 26 heavy (non-hydrogen) atoms. The van der Waals surface area contributed by atoms with Crippen LogP contribution in [0.5, 0.6) is 5.75 Å². The van der Waals surface area contributed by atoms with Crippen molar-refractivity contribution in [2.45, 2.75) is 43.7 Å². The Hall–Kier alpha value is -1.46. The normalized spacial score (nSPS) is 39.4. The molecular weight excluding hydrogens is 326 g/mol. The van der Waals surface area contributed by atoms with Crippen LogP contribution in [0.25, 0.3) is 0 Å². The molecule has 2 atom stereocenters. The Balaban J connectivity index is 1.27. The van der Waals surface area contributed by atoms with Crippen molar-refractivity contribution in [2.24, 2.45) is 17.8 Å². The second-order valence-electron chi connectivity index (χ2n) is 9.13. The van der Waals surface area contributed by atoms with Crippen LogP contribution in [0.3, 0.4) is 0 Å². The Bertz CT molecular complexity index is 670. The molecule has 2 unspecified atom stereocenters. The molecule has 1 saturated heterocycles. The van der Waals surface area contributed by atoms with Crippen LogP contribution < -0.4 is 15.4 Å². The van der Waals surface area contributed by atoms with Crippen molar-refractivity contribution >= 4 is 11.4 Å². The molecule has 4 saturated carbocycles. The van der Waals surface area contributed by atoms with Crippen molar-refractivity contribution < 1.29 is 9.84 Å². The molecule has 0 aromatic heterocycles. The first-order valence-electron chi connectivity index (χ1n) is 10.2. The fourth-order valence-electron chi connectivity index (χ4n) is 6.73. The van der Waals surface area contributed by atoms with E-state index >= 15 is 0 Å². The van der Waals surface area contributed by atoms with Gasteiger partial charge in [0.25, 0.3) is 0 Å². The molecule has 5 nitrogen and oxygen atoms in total. The standard InChI is InChI=1S/C21H31N3O2/c1-26-19-10-17(2-3-18(19)22)23-4-6-24(7-5-23)20-15-8-14-9-16(20)13-21(25,11-14)12-15/h2-3,10,14-16,20,25H,4-9,11-13,22H2,1H3/t14?,15?,16?,20-,21+.